The van der Waals surface area contributed by atoms with E-state index in [0.29, 0.717) is 38.8 Å². The van der Waals surface area contributed by atoms with Crippen molar-refractivity contribution < 1.29 is 9.53 Å². The first-order valence-corrected chi connectivity index (χ1v) is 8.56. The summed E-state index contributed by atoms with van der Waals surface area (Å²) in [5.41, 5.74) is 1.97. The number of anilines is 1. The number of carbonyl (C=O) groups is 1. The van der Waals surface area contributed by atoms with E-state index in [1.165, 1.54) is 0 Å². The smallest absolute Gasteiger partial charge is 0.227 e. The summed E-state index contributed by atoms with van der Waals surface area (Å²) >= 11 is 0. The second kappa shape index (κ2) is 6.05. The van der Waals surface area contributed by atoms with E-state index in [2.05, 4.69) is 21.9 Å². The topological polar surface area (TPSA) is 63.0 Å². The van der Waals surface area contributed by atoms with Gasteiger partial charge in [0.1, 0.15) is 5.52 Å². The Morgan fingerprint density at radius 1 is 1.29 bits per heavy atom. The highest BCUT2D eigenvalue weighted by Gasteiger charge is 2.38. The van der Waals surface area contributed by atoms with Crippen molar-refractivity contribution >= 4 is 17.2 Å². The molecule has 2 aliphatic heterocycles. The van der Waals surface area contributed by atoms with Gasteiger partial charge < -0.3 is 14.5 Å². The van der Waals surface area contributed by atoms with E-state index < -0.39 is 0 Å². The summed E-state index contributed by atoms with van der Waals surface area (Å²) in [6.07, 6.45) is 3.64. The lowest BCUT2D eigenvalue weighted by molar-refractivity contribution is -0.140. The summed E-state index contributed by atoms with van der Waals surface area (Å²) in [6, 6.07) is 2.05. The van der Waals surface area contributed by atoms with Gasteiger partial charge in [0.15, 0.2) is 5.82 Å². The van der Waals surface area contributed by atoms with Crippen LogP contribution in [-0.4, -0.2) is 64.8 Å². The Labute approximate surface area is 141 Å². The fourth-order valence-electron chi connectivity index (χ4n) is 3.75. The molecule has 0 N–H and O–H groups in total. The zero-order chi connectivity index (χ0) is 16.7. The first kappa shape index (κ1) is 15.4. The van der Waals surface area contributed by atoms with Crippen LogP contribution in [0.3, 0.4) is 0 Å². The number of ether oxygens (including phenoxy) is 1. The van der Waals surface area contributed by atoms with E-state index >= 15 is 0 Å². The Bertz CT molecular complexity index is 753. The predicted octanol–water partition coefficient (Wildman–Crippen LogP) is 0.969. The zero-order valence-electron chi connectivity index (χ0n) is 14.2. The number of aromatic nitrogens is 3. The van der Waals surface area contributed by atoms with Crippen LogP contribution in [0.2, 0.25) is 0 Å². The van der Waals surface area contributed by atoms with Gasteiger partial charge in [0, 0.05) is 38.6 Å². The zero-order valence-corrected chi connectivity index (χ0v) is 14.2. The number of amides is 1. The third-order valence-corrected chi connectivity index (χ3v) is 5.04. The van der Waals surface area contributed by atoms with Crippen LogP contribution < -0.4 is 4.90 Å². The first-order chi connectivity index (χ1) is 11.6. The number of fused-ring (bicyclic) bond motifs is 1. The van der Waals surface area contributed by atoms with Crippen LogP contribution in [-0.2, 0) is 9.53 Å². The first-order valence-electron chi connectivity index (χ1n) is 8.56. The van der Waals surface area contributed by atoms with Crippen LogP contribution in [0.5, 0.6) is 0 Å². The average molecular weight is 329 g/mol. The van der Waals surface area contributed by atoms with Crippen LogP contribution in [0.15, 0.2) is 18.5 Å². The lowest BCUT2D eigenvalue weighted by Crippen LogP contribution is -2.45. The van der Waals surface area contributed by atoms with E-state index in [1.54, 1.807) is 6.20 Å². The van der Waals surface area contributed by atoms with Gasteiger partial charge in [0.2, 0.25) is 5.91 Å². The maximum atomic E-state index is 12.9. The Morgan fingerprint density at radius 2 is 2.08 bits per heavy atom. The summed E-state index contributed by atoms with van der Waals surface area (Å²) < 4.78 is 7.22. The minimum Gasteiger partial charge on any atom is -0.378 e. The molecule has 2 aromatic rings. The molecule has 7 heteroatoms. The molecule has 2 fully saturated rings. The van der Waals surface area contributed by atoms with Crippen molar-refractivity contribution in [3.05, 3.63) is 24.2 Å². The Balaban J connectivity index is 1.56. The fraction of sp³-hybridized carbons (Fsp3) is 0.588. The van der Waals surface area contributed by atoms with Gasteiger partial charge in [-0.25, -0.2) is 9.50 Å². The van der Waals surface area contributed by atoms with E-state index in [-0.39, 0.29) is 11.8 Å². The van der Waals surface area contributed by atoms with Gasteiger partial charge in [0.25, 0.3) is 0 Å². The molecule has 1 amide bonds. The quantitative estimate of drug-likeness (QED) is 0.821. The predicted molar refractivity (Wildman–Crippen MR) is 90.0 cm³/mol. The SMILES string of the molecule is Cc1cc2c(N3C[C@@H](C)[C@H](C(=O)N4CCOCC4)C3)nccn2n1. The number of morpholine rings is 1. The largest absolute Gasteiger partial charge is 0.378 e. The van der Waals surface area contributed by atoms with Crippen molar-refractivity contribution in [3.8, 4) is 0 Å². The van der Waals surface area contributed by atoms with Crippen molar-refractivity contribution in [3.63, 3.8) is 0 Å². The van der Waals surface area contributed by atoms with Gasteiger partial charge in [-0.15, -0.1) is 0 Å². The van der Waals surface area contributed by atoms with Crippen LogP contribution in [0.4, 0.5) is 5.82 Å². The van der Waals surface area contributed by atoms with Gasteiger partial charge in [-0.2, -0.15) is 5.10 Å². The second-order valence-corrected chi connectivity index (χ2v) is 6.79. The number of hydrogen-bond donors (Lipinski definition) is 0. The third kappa shape index (κ3) is 2.62. The summed E-state index contributed by atoms with van der Waals surface area (Å²) in [6.45, 7) is 8.40. The molecule has 0 bridgehead atoms. The minimum absolute atomic E-state index is 0.0224. The van der Waals surface area contributed by atoms with Crippen molar-refractivity contribution in [2.75, 3.05) is 44.3 Å². The van der Waals surface area contributed by atoms with Gasteiger partial charge in [0.05, 0.1) is 24.8 Å². The molecule has 7 nitrogen and oxygen atoms in total. The molecule has 4 rings (SSSR count). The summed E-state index contributed by atoms with van der Waals surface area (Å²) in [7, 11) is 0. The maximum Gasteiger partial charge on any atom is 0.227 e. The van der Waals surface area contributed by atoms with Crippen LogP contribution in [0, 0.1) is 18.8 Å². The van der Waals surface area contributed by atoms with E-state index in [0.717, 1.165) is 23.6 Å². The molecule has 2 aliphatic rings. The summed E-state index contributed by atoms with van der Waals surface area (Å²) in [4.78, 5) is 21.6. The summed E-state index contributed by atoms with van der Waals surface area (Å²) in [5.74, 6) is 1.51. The molecule has 4 heterocycles. The van der Waals surface area contributed by atoms with Crippen LogP contribution in [0.25, 0.3) is 5.52 Å². The molecular weight excluding hydrogens is 306 g/mol. The lowest BCUT2D eigenvalue weighted by atomic mass is 9.96. The average Bonchev–Trinajstić information content (AvgIpc) is 3.16. The molecular formula is C17H23N5O2. The molecule has 128 valence electrons. The highest BCUT2D eigenvalue weighted by molar-refractivity contribution is 5.81. The molecule has 2 atom stereocenters. The van der Waals surface area contributed by atoms with Crippen molar-refractivity contribution in [2.45, 2.75) is 13.8 Å². The monoisotopic (exact) mass is 329 g/mol. The normalized spacial score (nSPS) is 24.8. The molecule has 2 saturated heterocycles. The van der Waals surface area contributed by atoms with Gasteiger partial charge in [-0.1, -0.05) is 6.92 Å². The maximum absolute atomic E-state index is 12.9. The van der Waals surface area contributed by atoms with Gasteiger partial charge in [-0.3, -0.25) is 4.79 Å². The summed E-state index contributed by atoms with van der Waals surface area (Å²) in [5, 5.41) is 4.45. The highest BCUT2D eigenvalue weighted by Crippen LogP contribution is 2.31. The van der Waals surface area contributed by atoms with Crippen molar-refractivity contribution in [2.24, 2.45) is 11.8 Å². The third-order valence-electron chi connectivity index (χ3n) is 5.04. The van der Waals surface area contributed by atoms with E-state index in [9.17, 15) is 4.79 Å². The highest BCUT2D eigenvalue weighted by atomic mass is 16.5. The molecule has 0 unspecified atom stereocenters. The second-order valence-electron chi connectivity index (χ2n) is 6.79. The van der Waals surface area contributed by atoms with Crippen molar-refractivity contribution in [1.29, 1.82) is 0 Å². The Morgan fingerprint density at radius 3 is 2.88 bits per heavy atom. The number of aryl methyl sites for hydroxylation is 1. The Kier molecular flexibility index (Phi) is 3.88. The molecule has 2 aromatic heterocycles. The Hall–Kier alpha value is -2.15. The molecule has 0 aromatic carbocycles. The van der Waals surface area contributed by atoms with Gasteiger partial charge in [-0.05, 0) is 18.9 Å². The van der Waals surface area contributed by atoms with E-state index in [1.807, 2.05) is 28.6 Å². The molecule has 0 saturated carbocycles. The molecule has 24 heavy (non-hydrogen) atoms. The standard InChI is InChI=1S/C17H23N5O2/c1-12-10-21(11-14(12)17(23)20-5-7-24-8-6-20)16-15-9-13(2)19-22(15)4-3-18-16/h3-4,9,12,14H,5-8,10-11H2,1-2H3/t12-,14-/m1/s1. The molecule has 0 spiro atoms. The molecule has 0 aliphatic carbocycles. The number of hydrogen-bond acceptors (Lipinski definition) is 5. The van der Waals surface area contributed by atoms with Crippen LogP contribution in [0.1, 0.15) is 12.6 Å². The van der Waals surface area contributed by atoms with Crippen molar-refractivity contribution in [1.82, 2.24) is 19.5 Å². The van der Waals surface area contributed by atoms with Crippen LogP contribution >= 0.6 is 0 Å². The van der Waals surface area contributed by atoms with Gasteiger partial charge >= 0.3 is 0 Å². The fourth-order valence-corrected chi connectivity index (χ4v) is 3.75. The van der Waals surface area contributed by atoms with E-state index in [4.69, 9.17) is 4.74 Å². The molecule has 0 radical (unpaired) electrons. The number of nitrogens with zero attached hydrogens (tertiary/aromatic N) is 5. The minimum atomic E-state index is 0.0224. The number of rotatable bonds is 2. The number of carbonyl (C=O) groups excluding carboxylic acids is 1. The lowest BCUT2D eigenvalue weighted by Gasteiger charge is -2.30.